The molecule has 15 heavy (non-hydrogen) atoms. The van der Waals surface area contributed by atoms with Gasteiger partial charge in [0.15, 0.2) is 0 Å². The van der Waals surface area contributed by atoms with Crippen LogP contribution in [-0.2, 0) is 6.42 Å². The van der Waals surface area contributed by atoms with Gasteiger partial charge < -0.3 is 4.90 Å². The summed E-state index contributed by atoms with van der Waals surface area (Å²) in [6.45, 7) is 4.66. The Morgan fingerprint density at radius 1 is 1.67 bits per heavy atom. The highest BCUT2D eigenvalue weighted by atomic mass is 79.9. The third kappa shape index (κ3) is 3.24. The molecule has 1 aromatic heterocycles. The molecule has 0 spiro atoms. The Balaban J connectivity index is 2.76. The molecule has 0 aliphatic rings. The van der Waals surface area contributed by atoms with Crippen LogP contribution in [0, 0.1) is 0 Å². The summed E-state index contributed by atoms with van der Waals surface area (Å²) in [4.78, 5) is 14.6. The number of hydrogen-bond donors (Lipinski definition) is 0. The summed E-state index contributed by atoms with van der Waals surface area (Å²) < 4.78 is 3.81. The third-order valence-corrected chi connectivity index (χ3v) is 3.00. The van der Waals surface area contributed by atoms with Gasteiger partial charge in [0.25, 0.3) is 5.91 Å². The number of amides is 1. The van der Waals surface area contributed by atoms with Crippen molar-refractivity contribution < 1.29 is 4.79 Å². The van der Waals surface area contributed by atoms with Crippen LogP contribution in [0.1, 0.15) is 29.2 Å². The highest BCUT2D eigenvalue weighted by Crippen LogP contribution is 2.14. The zero-order chi connectivity index (χ0) is 11.4. The Labute approximate surface area is 102 Å². The molecule has 0 aliphatic carbocycles. The van der Waals surface area contributed by atoms with Crippen molar-refractivity contribution in [1.82, 2.24) is 14.5 Å². The molecule has 0 saturated carbocycles. The molecular formula is C9H14BrN3OS. The molecule has 1 amide bonds. The van der Waals surface area contributed by atoms with Gasteiger partial charge in [0.1, 0.15) is 4.88 Å². The highest BCUT2D eigenvalue weighted by molar-refractivity contribution is 9.09. The van der Waals surface area contributed by atoms with Crippen LogP contribution < -0.4 is 0 Å². The summed E-state index contributed by atoms with van der Waals surface area (Å²) in [7, 11) is 1.79. The molecule has 1 atom stereocenters. The van der Waals surface area contributed by atoms with Gasteiger partial charge in [0, 0.05) is 18.4 Å². The first-order valence-corrected chi connectivity index (χ1v) is 6.46. The Kier molecular flexibility index (Phi) is 4.66. The van der Waals surface area contributed by atoms with Crippen molar-refractivity contribution in [1.29, 1.82) is 0 Å². The summed E-state index contributed by atoms with van der Waals surface area (Å²) >= 11 is 4.59. The maximum atomic E-state index is 12.0. The number of alkyl halides is 1. The quantitative estimate of drug-likeness (QED) is 0.797. The van der Waals surface area contributed by atoms with E-state index in [-0.39, 0.29) is 10.7 Å². The molecule has 0 aromatic carbocycles. The number of aromatic nitrogens is 2. The molecule has 84 valence electrons. The largest absolute Gasteiger partial charge is 0.340 e. The Morgan fingerprint density at radius 2 is 2.33 bits per heavy atom. The predicted octanol–water partition coefficient (Wildman–Crippen LogP) is 1.96. The molecule has 0 saturated heterocycles. The second-order valence-electron chi connectivity index (χ2n) is 3.37. The van der Waals surface area contributed by atoms with Crippen LogP contribution >= 0.6 is 27.5 Å². The van der Waals surface area contributed by atoms with Gasteiger partial charge >= 0.3 is 0 Å². The maximum Gasteiger partial charge on any atom is 0.267 e. The van der Waals surface area contributed by atoms with Crippen LogP contribution in [0.2, 0.25) is 0 Å². The molecule has 1 rings (SSSR count). The van der Waals surface area contributed by atoms with Gasteiger partial charge in [-0.05, 0) is 18.0 Å². The van der Waals surface area contributed by atoms with Crippen LogP contribution in [0.25, 0.3) is 0 Å². The minimum absolute atomic E-state index is 0.00755. The van der Waals surface area contributed by atoms with E-state index in [0.717, 1.165) is 12.1 Å². The average Bonchev–Trinajstić information content (AvgIpc) is 2.62. The van der Waals surface area contributed by atoms with Gasteiger partial charge in [-0.1, -0.05) is 34.3 Å². The van der Waals surface area contributed by atoms with Gasteiger partial charge in [-0.2, -0.15) is 0 Å². The number of carbonyl (C=O) groups is 1. The first kappa shape index (κ1) is 12.6. The van der Waals surface area contributed by atoms with E-state index < -0.39 is 0 Å². The lowest BCUT2D eigenvalue weighted by atomic mass is 10.2. The van der Waals surface area contributed by atoms with Crippen molar-refractivity contribution in [3.63, 3.8) is 0 Å². The zero-order valence-corrected chi connectivity index (χ0v) is 11.4. The van der Waals surface area contributed by atoms with Crippen molar-refractivity contribution in [3.05, 3.63) is 10.6 Å². The van der Waals surface area contributed by atoms with E-state index in [1.54, 1.807) is 11.9 Å². The zero-order valence-electron chi connectivity index (χ0n) is 9.03. The number of aryl methyl sites for hydroxylation is 1. The monoisotopic (exact) mass is 291 g/mol. The van der Waals surface area contributed by atoms with Crippen LogP contribution in [0.5, 0.6) is 0 Å². The maximum absolute atomic E-state index is 12.0. The number of carbonyl (C=O) groups excluding carboxylic acids is 1. The molecular weight excluding hydrogens is 278 g/mol. The van der Waals surface area contributed by atoms with Crippen molar-refractivity contribution in [3.8, 4) is 0 Å². The molecule has 1 heterocycles. The van der Waals surface area contributed by atoms with Crippen LogP contribution in [0.3, 0.4) is 0 Å². The molecule has 4 nitrogen and oxygen atoms in total. The molecule has 0 aliphatic heterocycles. The lowest BCUT2D eigenvalue weighted by Gasteiger charge is -2.17. The molecule has 0 N–H and O–H groups in total. The summed E-state index contributed by atoms with van der Waals surface area (Å²) in [6.07, 6.45) is 0.745. The number of hydrogen-bond acceptors (Lipinski definition) is 4. The normalized spacial score (nSPS) is 12.5. The summed E-state index contributed by atoms with van der Waals surface area (Å²) in [5.74, 6) is 0.00755. The minimum atomic E-state index is 0.00755. The smallest absolute Gasteiger partial charge is 0.267 e. The molecule has 1 unspecified atom stereocenters. The summed E-state index contributed by atoms with van der Waals surface area (Å²) in [5.41, 5.74) is 0.791. The van der Waals surface area contributed by atoms with Gasteiger partial charge in [-0.15, -0.1) is 5.10 Å². The minimum Gasteiger partial charge on any atom is -0.340 e. The number of rotatable bonds is 4. The first-order chi connectivity index (χ1) is 7.06. The van der Waals surface area contributed by atoms with E-state index in [9.17, 15) is 4.79 Å². The molecule has 1 aromatic rings. The van der Waals surface area contributed by atoms with Gasteiger partial charge in [0.2, 0.25) is 0 Å². The summed E-state index contributed by atoms with van der Waals surface area (Å²) in [5, 5.41) is 3.93. The van der Waals surface area contributed by atoms with Gasteiger partial charge in [0.05, 0.1) is 5.69 Å². The van der Waals surface area contributed by atoms with Crippen molar-refractivity contribution >= 4 is 33.4 Å². The number of nitrogens with zero attached hydrogens (tertiary/aromatic N) is 3. The fraction of sp³-hybridized carbons (Fsp3) is 0.667. The van der Waals surface area contributed by atoms with Crippen molar-refractivity contribution in [2.75, 3.05) is 13.6 Å². The lowest BCUT2D eigenvalue weighted by molar-refractivity contribution is 0.0801. The number of halogens is 1. The van der Waals surface area contributed by atoms with E-state index in [1.807, 2.05) is 13.8 Å². The second kappa shape index (κ2) is 5.55. The topological polar surface area (TPSA) is 46.1 Å². The molecule has 6 heteroatoms. The Morgan fingerprint density at radius 3 is 2.87 bits per heavy atom. The van der Waals surface area contributed by atoms with Crippen molar-refractivity contribution in [2.24, 2.45) is 0 Å². The van der Waals surface area contributed by atoms with E-state index in [0.29, 0.717) is 11.4 Å². The van der Waals surface area contributed by atoms with Crippen LogP contribution in [-0.4, -0.2) is 38.8 Å². The van der Waals surface area contributed by atoms with Gasteiger partial charge in [-0.25, -0.2) is 0 Å². The van der Waals surface area contributed by atoms with E-state index >= 15 is 0 Å². The standard InChI is InChI=1S/C9H14BrN3OS/c1-4-7-8(15-12-11-7)9(14)13(3)5-6(2)10/h6H,4-5H2,1-3H3. The van der Waals surface area contributed by atoms with Gasteiger partial charge in [-0.3, -0.25) is 4.79 Å². The molecule has 0 radical (unpaired) electrons. The summed E-state index contributed by atoms with van der Waals surface area (Å²) in [6, 6.07) is 0. The predicted molar refractivity (Wildman–Crippen MR) is 64.6 cm³/mol. The SMILES string of the molecule is CCc1nnsc1C(=O)N(C)CC(C)Br. The van der Waals surface area contributed by atoms with E-state index in [4.69, 9.17) is 0 Å². The fourth-order valence-corrected chi connectivity index (χ4v) is 2.42. The second-order valence-corrected chi connectivity index (χ2v) is 5.69. The Bertz CT molecular complexity index is 340. The van der Waals surface area contributed by atoms with Crippen LogP contribution in [0.4, 0.5) is 0 Å². The van der Waals surface area contributed by atoms with Crippen molar-refractivity contribution in [2.45, 2.75) is 25.1 Å². The first-order valence-electron chi connectivity index (χ1n) is 4.77. The third-order valence-electron chi connectivity index (χ3n) is 1.96. The lowest BCUT2D eigenvalue weighted by Crippen LogP contribution is -2.31. The average molecular weight is 292 g/mol. The Hall–Kier alpha value is -0.490. The van der Waals surface area contributed by atoms with Crippen LogP contribution in [0.15, 0.2) is 0 Å². The van der Waals surface area contributed by atoms with E-state index in [2.05, 4.69) is 25.5 Å². The fourth-order valence-electron chi connectivity index (χ4n) is 1.24. The van der Waals surface area contributed by atoms with E-state index in [1.165, 1.54) is 11.5 Å². The molecule has 0 bridgehead atoms. The molecule has 0 fully saturated rings. The highest BCUT2D eigenvalue weighted by Gasteiger charge is 2.19.